The van der Waals surface area contributed by atoms with Gasteiger partial charge in [0.25, 0.3) is 0 Å². The van der Waals surface area contributed by atoms with E-state index < -0.39 is 16.2 Å². The maximum absolute atomic E-state index is 12.7. The van der Waals surface area contributed by atoms with Crippen LogP contribution in [0.5, 0.6) is 0 Å². The standard InChI is InChI=1S/C14H21N3O3S/c1-11-10-16(12(2)17(11)14(18)15(3)4)21(19,20)13-8-6-5-7-9-13/h5-9,11-12H,10H2,1-4H3/t11-,12+/m1/s1. The zero-order valence-corrected chi connectivity index (χ0v) is 13.5. The van der Waals surface area contributed by atoms with Gasteiger partial charge >= 0.3 is 6.03 Å². The van der Waals surface area contributed by atoms with Crippen LogP contribution in [0.15, 0.2) is 35.2 Å². The Labute approximate surface area is 126 Å². The number of carbonyl (C=O) groups excluding carboxylic acids is 1. The third-order valence-electron chi connectivity index (χ3n) is 3.69. The van der Waals surface area contributed by atoms with Crippen molar-refractivity contribution < 1.29 is 13.2 Å². The van der Waals surface area contributed by atoms with Gasteiger partial charge in [-0.25, -0.2) is 13.2 Å². The van der Waals surface area contributed by atoms with Gasteiger partial charge in [0.1, 0.15) is 0 Å². The average molecular weight is 311 g/mol. The number of carbonyl (C=O) groups is 1. The van der Waals surface area contributed by atoms with E-state index in [-0.39, 0.29) is 17.0 Å². The SMILES string of the molecule is C[C@@H]1CN(S(=O)(=O)c2ccccc2)[C@H](C)N1C(=O)N(C)C. The highest BCUT2D eigenvalue weighted by Crippen LogP contribution is 2.28. The molecule has 1 saturated heterocycles. The van der Waals surface area contributed by atoms with Crippen LogP contribution in [-0.4, -0.2) is 61.4 Å². The zero-order chi connectivity index (χ0) is 15.8. The Morgan fingerprint density at radius 3 is 2.29 bits per heavy atom. The molecule has 0 aliphatic carbocycles. The summed E-state index contributed by atoms with van der Waals surface area (Å²) >= 11 is 0. The molecular weight excluding hydrogens is 290 g/mol. The van der Waals surface area contributed by atoms with Crippen molar-refractivity contribution in [1.29, 1.82) is 0 Å². The summed E-state index contributed by atoms with van der Waals surface area (Å²) in [5.41, 5.74) is 0. The molecule has 2 atom stereocenters. The molecule has 1 aliphatic rings. The number of nitrogens with zero attached hydrogens (tertiary/aromatic N) is 3. The minimum atomic E-state index is -3.59. The summed E-state index contributed by atoms with van der Waals surface area (Å²) in [7, 11) is -0.266. The molecule has 1 aromatic rings. The Bertz CT molecular complexity index is 616. The van der Waals surface area contributed by atoms with Gasteiger partial charge < -0.3 is 9.80 Å². The summed E-state index contributed by atoms with van der Waals surface area (Å²) in [6, 6.07) is 7.97. The van der Waals surface area contributed by atoms with Crippen molar-refractivity contribution in [3.05, 3.63) is 30.3 Å². The number of hydrogen-bond acceptors (Lipinski definition) is 3. The lowest BCUT2D eigenvalue weighted by atomic mass is 10.3. The largest absolute Gasteiger partial charge is 0.331 e. The first kappa shape index (κ1) is 15.8. The Hall–Kier alpha value is -1.60. The molecule has 0 N–H and O–H groups in total. The monoisotopic (exact) mass is 311 g/mol. The van der Waals surface area contributed by atoms with E-state index in [1.54, 1.807) is 56.3 Å². The van der Waals surface area contributed by atoms with Crippen LogP contribution in [-0.2, 0) is 10.0 Å². The van der Waals surface area contributed by atoms with Gasteiger partial charge in [-0.2, -0.15) is 4.31 Å². The highest BCUT2D eigenvalue weighted by molar-refractivity contribution is 7.89. The average Bonchev–Trinajstić information content (AvgIpc) is 2.74. The van der Waals surface area contributed by atoms with Gasteiger partial charge in [0.05, 0.1) is 11.1 Å². The third kappa shape index (κ3) is 2.75. The maximum atomic E-state index is 12.7. The summed E-state index contributed by atoms with van der Waals surface area (Å²) in [5.74, 6) is 0. The first-order valence-corrected chi connectivity index (χ1v) is 8.27. The Morgan fingerprint density at radius 1 is 1.19 bits per heavy atom. The van der Waals surface area contributed by atoms with E-state index in [2.05, 4.69) is 0 Å². The van der Waals surface area contributed by atoms with Crippen molar-refractivity contribution in [2.24, 2.45) is 0 Å². The van der Waals surface area contributed by atoms with Crippen molar-refractivity contribution >= 4 is 16.1 Å². The molecule has 1 aromatic carbocycles. The first-order valence-electron chi connectivity index (χ1n) is 6.83. The van der Waals surface area contributed by atoms with E-state index in [4.69, 9.17) is 0 Å². The Kier molecular flexibility index (Phi) is 4.25. The molecule has 1 heterocycles. The summed E-state index contributed by atoms with van der Waals surface area (Å²) in [5, 5.41) is 0. The van der Waals surface area contributed by atoms with E-state index in [0.29, 0.717) is 6.54 Å². The number of hydrogen-bond donors (Lipinski definition) is 0. The fourth-order valence-corrected chi connectivity index (χ4v) is 4.30. The molecule has 21 heavy (non-hydrogen) atoms. The van der Waals surface area contributed by atoms with E-state index in [1.807, 2.05) is 6.92 Å². The van der Waals surface area contributed by atoms with Crippen molar-refractivity contribution in [2.75, 3.05) is 20.6 Å². The van der Waals surface area contributed by atoms with Gasteiger partial charge in [-0.05, 0) is 26.0 Å². The van der Waals surface area contributed by atoms with Crippen LogP contribution in [0.25, 0.3) is 0 Å². The predicted molar refractivity (Wildman–Crippen MR) is 80.2 cm³/mol. The molecule has 1 aliphatic heterocycles. The van der Waals surface area contributed by atoms with Crippen LogP contribution in [0.1, 0.15) is 13.8 Å². The molecule has 0 radical (unpaired) electrons. The Morgan fingerprint density at radius 2 is 1.76 bits per heavy atom. The smallest absolute Gasteiger partial charge is 0.321 e. The highest BCUT2D eigenvalue weighted by atomic mass is 32.2. The normalized spacial score (nSPS) is 23.3. The second-order valence-corrected chi connectivity index (χ2v) is 7.34. The summed E-state index contributed by atoms with van der Waals surface area (Å²) in [6.45, 7) is 3.90. The molecule has 2 amide bonds. The zero-order valence-electron chi connectivity index (χ0n) is 12.7. The molecule has 1 fully saturated rings. The number of urea groups is 1. The van der Waals surface area contributed by atoms with Crippen molar-refractivity contribution in [3.8, 4) is 0 Å². The van der Waals surface area contributed by atoms with Crippen molar-refractivity contribution in [3.63, 3.8) is 0 Å². The first-order chi connectivity index (χ1) is 9.76. The summed E-state index contributed by atoms with van der Waals surface area (Å²) < 4.78 is 26.8. The van der Waals surface area contributed by atoms with Crippen LogP contribution in [0, 0.1) is 0 Å². The highest BCUT2D eigenvalue weighted by Gasteiger charge is 2.44. The lowest BCUT2D eigenvalue weighted by Gasteiger charge is -2.30. The molecule has 0 unspecified atom stereocenters. The Balaban J connectivity index is 2.33. The molecule has 0 aromatic heterocycles. The van der Waals surface area contributed by atoms with Gasteiger partial charge in [-0.3, -0.25) is 0 Å². The molecule has 2 rings (SSSR count). The van der Waals surface area contributed by atoms with Crippen LogP contribution >= 0.6 is 0 Å². The van der Waals surface area contributed by atoms with Crippen LogP contribution in [0.4, 0.5) is 4.79 Å². The molecule has 6 nitrogen and oxygen atoms in total. The molecule has 0 saturated carbocycles. The lowest BCUT2D eigenvalue weighted by molar-refractivity contribution is 0.144. The van der Waals surface area contributed by atoms with Gasteiger partial charge in [-0.1, -0.05) is 18.2 Å². The minimum absolute atomic E-state index is 0.159. The summed E-state index contributed by atoms with van der Waals surface area (Å²) in [6.07, 6.45) is -0.500. The molecule has 0 spiro atoms. The molecule has 7 heteroatoms. The predicted octanol–water partition coefficient (Wildman–Crippen LogP) is 1.41. The molecule has 0 bridgehead atoms. The maximum Gasteiger partial charge on any atom is 0.321 e. The topological polar surface area (TPSA) is 60.9 Å². The quantitative estimate of drug-likeness (QED) is 0.829. The number of amides is 2. The number of sulfonamides is 1. The van der Waals surface area contributed by atoms with Crippen molar-refractivity contribution in [1.82, 2.24) is 14.1 Å². The van der Waals surface area contributed by atoms with Crippen LogP contribution < -0.4 is 0 Å². The van der Waals surface area contributed by atoms with Gasteiger partial charge in [0.2, 0.25) is 10.0 Å². The van der Waals surface area contributed by atoms with E-state index in [1.165, 1.54) is 9.21 Å². The van der Waals surface area contributed by atoms with Gasteiger partial charge in [0, 0.05) is 26.7 Å². The third-order valence-corrected chi connectivity index (χ3v) is 5.63. The lowest BCUT2D eigenvalue weighted by Crippen LogP contribution is -2.47. The fourth-order valence-electron chi connectivity index (χ4n) is 2.61. The second kappa shape index (κ2) is 5.65. The summed E-state index contributed by atoms with van der Waals surface area (Å²) in [4.78, 5) is 15.5. The van der Waals surface area contributed by atoms with E-state index >= 15 is 0 Å². The van der Waals surface area contributed by atoms with Crippen LogP contribution in [0.3, 0.4) is 0 Å². The van der Waals surface area contributed by atoms with Crippen molar-refractivity contribution in [2.45, 2.75) is 31.0 Å². The van der Waals surface area contributed by atoms with E-state index in [9.17, 15) is 13.2 Å². The molecular formula is C14H21N3O3S. The number of benzene rings is 1. The second-order valence-electron chi connectivity index (χ2n) is 5.45. The van der Waals surface area contributed by atoms with Crippen LogP contribution in [0.2, 0.25) is 0 Å². The van der Waals surface area contributed by atoms with Gasteiger partial charge in [0.15, 0.2) is 0 Å². The van der Waals surface area contributed by atoms with E-state index in [0.717, 1.165) is 0 Å². The van der Waals surface area contributed by atoms with Gasteiger partial charge in [-0.15, -0.1) is 0 Å². The fraction of sp³-hybridized carbons (Fsp3) is 0.500. The number of rotatable bonds is 2. The molecule has 116 valence electrons. The minimum Gasteiger partial charge on any atom is -0.331 e.